The summed E-state index contributed by atoms with van der Waals surface area (Å²) in [5.74, 6) is 0.687. The van der Waals surface area contributed by atoms with Gasteiger partial charge in [-0.15, -0.1) is 0 Å². The van der Waals surface area contributed by atoms with Crippen molar-refractivity contribution >= 4 is 17.1 Å². The molecular formula is C11H19N5. The fourth-order valence-electron chi connectivity index (χ4n) is 0.945. The van der Waals surface area contributed by atoms with Crippen molar-refractivity contribution < 1.29 is 0 Å². The first-order valence-corrected chi connectivity index (χ1v) is 5.52. The average Bonchev–Trinajstić information content (AvgIpc) is 2.76. The minimum absolute atomic E-state index is 0.687. The van der Waals surface area contributed by atoms with Gasteiger partial charge in [0.05, 0.1) is 12.5 Å². The Morgan fingerprint density at radius 3 is 2.44 bits per heavy atom. The molecule has 1 N–H and O–H groups in total. The van der Waals surface area contributed by atoms with Crippen molar-refractivity contribution in [2.75, 3.05) is 19.0 Å². The molecule has 88 valence electrons. The molecule has 5 heteroatoms. The lowest BCUT2D eigenvalue weighted by Crippen LogP contribution is -2.12. The van der Waals surface area contributed by atoms with Gasteiger partial charge in [0.1, 0.15) is 5.52 Å². The molecular weight excluding hydrogens is 202 g/mol. The van der Waals surface area contributed by atoms with E-state index in [1.54, 1.807) is 12.5 Å². The van der Waals surface area contributed by atoms with E-state index in [4.69, 9.17) is 0 Å². The summed E-state index contributed by atoms with van der Waals surface area (Å²) in [6, 6.07) is 0. The maximum atomic E-state index is 4.23. The van der Waals surface area contributed by atoms with Gasteiger partial charge in [0.2, 0.25) is 5.95 Å². The number of nitrogens with one attached hydrogen (secondary N) is 1. The van der Waals surface area contributed by atoms with E-state index in [0.29, 0.717) is 5.95 Å². The predicted molar refractivity (Wildman–Crippen MR) is 66.6 cm³/mol. The lowest BCUT2D eigenvalue weighted by Gasteiger charge is -2.07. The van der Waals surface area contributed by atoms with Gasteiger partial charge in [0.15, 0.2) is 5.65 Å². The number of H-pyrrole nitrogens is 1. The highest BCUT2D eigenvalue weighted by molar-refractivity contribution is 5.69. The minimum Gasteiger partial charge on any atom is -0.347 e. The molecule has 0 bridgehead atoms. The Balaban J connectivity index is 0.000000280. The fourth-order valence-corrected chi connectivity index (χ4v) is 0.945. The van der Waals surface area contributed by atoms with Crippen LogP contribution in [0, 0.1) is 0 Å². The van der Waals surface area contributed by atoms with E-state index < -0.39 is 0 Å². The van der Waals surface area contributed by atoms with Crippen LogP contribution >= 0.6 is 0 Å². The molecule has 2 rings (SSSR count). The van der Waals surface area contributed by atoms with E-state index in [1.165, 1.54) is 12.8 Å². The molecule has 0 aliphatic heterocycles. The van der Waals surface area contributed by atoms with Gasteiger partial charge in [-0.2, -0.15) is 4.98 Å². The Morgan fingerprint density at radius 1 is 1.19 bits per heavy atom. The molecule has 0 aliphatic carbocycles. The Labute approximate surface area is 95.9 Å². The molecule has 16 heavy (non-hydrogen) atoms. The summed E-state index contributed by atoms with van der Waals surface area (Å²) >= 11 is 0. The molecule has 2 aromatic heterocycles. The van der Waals surface area contributed by atoms with E-state index in [0.717, 1.165) is 11.2 Å². The summed E-state index contributed by atoms with van der Waals surface area (Å²) in [5.41, 5.74) is 1.56. The fraction of sp³-hybridized carbons (Fsp3) is 0.545. The molecule has 0 unspecified atom stereocenters. The SMILES string of the molecule is CCCC.CN(C)c1ncc2nc[nH]c2n1. The van der Waals surface area contributed by atoms with Crippen molar-refractivity contribution in [1.29, 1.82) is 0 Å². The van der Waals surface area contributed by atoms with Crippen molar-refractivity contribution in [1.82, 2.24) is 19.9 Å². The molecule has 0 saturated heterocycles. The van der Waals surface area contributed by atoms with E-state index in [-0.39, 0.29) is 0 Å². The van der Waals surface area contributed by atoms with Gasteiger partial charge >= 0.3 is 0 Å². The molecule has 0 radical (unpaired) electrons. The first-order chi connectivity index (χ1) is 7.69. The van der Waals surface area contributed by atoms with E-state index in [2.05, 4.69) is 33.8 Å². The maximum Gasteiger partial charge on any atom is 0.226 e. The van der Waals surface area contributed by atoms with Crippen LogP contribution in [-0.2, 0) is 0 Å². The van der Waals surface area contributed by atoms with Gasteiger partial charge in [-0.05, 0) is 0 Å². The number of nitrogens with zero attached hydrogens (tertiary/aromatic N) is 4. The van der Waals surface area contributed by atoms with Crippen molar-refractivity contribution in [2.24, 2.45) is 0 Å². The molecule has 2 aromatic rings. The second kappa shape index (κ2) is 6.05. The van der Waals surface area contributed by atoms with Gasteiger partial charge in [-0.25, -0.2) is 9.97 Å². The van der Waals surface area contributed by atoms with Crippen LogP contribution in [0.3, 0.4) is 0 Å². The Bertz CT molecular complexity index is 419. The molecule has 0 aliphatic rings. The third-order valence-electron chi connectivity index (χ3n) is 2.06. The summed E-state index contributed by atoms with van der Waals surface area (Å²) in [5, 5.41) is 0. The van der Waals surface area contributed by atoms with Gasteiger partial charge < -0.3 is 9.88 Å². The van der Waals surface area contributed by atoms with E-state index in [9.17, 15) is 0 Å². The monoisotopic (exact) mass is 221 g/mol. The zero-order chi connectivity index (χ0) is 12.0. The first-order valence-electron chi connectivity index (χ1n) is 5.52. The largest absolute Gasteiger partial charge is 0.347 e. The Kier molecular flexibility index (Phi) is 4.69. The number of fused-ring (bicyclic) bond motifs is 1. The lowest BCUT2D eigenvalue weighted by molar-refractivity contribution is 0.886. The van der Waals surface area contributed by atoms with Crippen LogP contribution in [0.25, 0.3) is 11.2 Å². The lowest BCUT2D eigenvalue weighted by atomic mass is 10.4. The predicted octanol–water partition coefficient (Wildman–Crippen LogP) is 2.23. The number of unbranched alkanes of at least 4 members (excludes halogenated alkanes) is 1. The van der Waals surface area contributed by atoms with Crippen LogP contribution in [0.1, 0.15) is 26.7 Å². The summed E-state index contributed by atoms with van der Waals surface area (Å²) in [7, 11) is 3.80. The standard InChI is InChI=1S/C7H9N5.C4H10/c1-12(2)7-8-3-5-6(11-7)10-4-9-5;1-3-4-2/h3-4H,1-2H3,(H,8,9,10,11);3-4H2,1-2H3. The van der Waals surface area contributed by atoms with Crippen LogP contribution in [0.4, 0.5) is 5.95 Å². The molecule has 0 aromatic carbocycles. The first kappa shape index (κ1) is 12.4. The number of aromatic nitrogens is 4. The third-order valence-corrected chi connectivity index (χ3v) is 2.06. The number of aromatic amines is 1. The van der Waals surface area contributed by atoms with Gasteiger partial charge in [-0.3, -0.25) is 0 Å². The molecule has 5 nitrogen and oxygen atoms in total. The normalized spacial score (nSPS) is 9.75. The topological polar surface area (TPSA) is 57.7 Å². The van der Waals surface area contributed by atoms with Crippen LogP contribution in [-0.4, -0.2) is 34.0 Å². The van der Waals surface area contributed by atoms with Crippen molar-refractivity contribution in [3.8, 4) is 0 Å². The summed E-state index contributed by atoms with van der Waals surface area (Å²) in [6.07, 6.45) is 5.95. The van der Waals surface area contributed by atoms with Crippen molar-refractivity contribution in [3.63, 3.8) is 0 Å². The molecule has 0 amide bonds. The minimum atomic E-state index is 0.687. The highest BCUT2D eigenvalue weighted by Crippen LogP contribution is 2.08. The Morgan fingerprint density at radius 2 is 1.88 bits per heavy atom. The number of imidazole rings is 1. The van der Waals surface area contributed by atoms with Crippen LogP contribution in [0.2, 0.25) is 0 Å². The zero-order valence-corrected chi connectivity index (χ0v) is 10.4. The summed E-state index contributed by atoms with van der Waals surface area (Å²) in [6.45, 7) is 4.36. The number of anilines is 1. The molecule has 0 fully saturated rings. The zero-order valence-electron chi connectivity index (χ0n) is 10.4. The molecule has 0 saturated carbocycles. The molecule has 0 spiro atoms. The van der Waals surface area contributed by atoms with Crippen molar-refractivity contribution in [3.05, 3.63) is 12.5 Å². The van der Waals surface area contributed by atoms with Gasteiger partial charge in [0.25, 0.3) is 0 Å². The van der Waals surface area contributed by atoms with Crippen LogP contribution in [0.5, 0.6) is 0 Å². The Hall–Kier alpha value is -1.65. The highest BCUT2D eigenvalue weighted by Gasteiger charge is 2.01. The number of hydrogen-bond acceptors (Lipinski definition) is 4. The second-order valence-electron chi connectivity index (χ2n) is 3.70. The smallest absolute Gasteiger partial charge is 0.226 e. The summed E-state index contributed by atoms with van der Waals surface area (Å²) < 4.78 is 0. The molecule has 0 atom stereocenters. The van der Waals surface area contributed by atoms with Crippen molar-refractivity contribution in [2.45, 2.75) is 26.7 Å². The van der Waals surface area contributed by atoms with Crippen LogP contribution in [0.15, 0.2) is 12.5 Å². The third kappa shape index (κ3) is 3.18. The van der Waals surface area contributed by atoms with Gasteiger partial charge in [0, 0.05) is 14.1 Å². The second-order valence-corrected chi connectivity index (χ2v) is 3.70. The van der Waals surface area contributed by atoms with Gasteiger partial charge in [-0.1, -0.05) is 26.7 Å². The van der Waals surface area contributed by atoms with E-state index in [1.807, 2.05) is 19.0 Å². The quantitative estimate of drug-likeness (QED) is 0.844. The maximum absolute atomic E-state index is 4.23. The van der Waals surface area contributed by atoms with E-state index >= 15 is 0 Å². The van der Waals surface area contributed by atoms with Crippen LogP contribution < -0.4 is 4.90 Å². The number of hydrogen-bond donors (Lipinski definition) is 1. The average molecular weight is 221 g/mol. The molecule has 2 heterocycles. The summed E-state index contributed by atoms with van der Waals surface area (Å²) in [4.78, 5) is 17.1. The highest BCUT2D eigenvalue weighted by atomic mass is 15.2. The number of rotatable bonds is 2.